The standard InChI is InChI=1S/C14H20ClNO2/c1-17-13-9-12(15)8-11(14(13)18-2)7-10-3-5-16-6-4-10/h8-10,16H,3-7H2,1-2H3. The van der Waals surface area contributed by atoms with Gasteiger partial charge in [0.1, 0.15) is 0 Å². The van der Waals surface area contributed by atoms with Crippen LogP contribution in [0.5, 0.6) is 11.5 Å². The van der Waals surface area contributed by atoms with Gasteiger partial charge in [-0.2, -0.15) is 0 Å². The van der Waals surface area contributed by atoms with Gasteiger partial charge in [0.2, 0.25) is 0 Å². The molecule has 3 nitrogen and oxygen atoms in total. The molecule has 2 rings (SSSR count). The van der Waals surface area contributed by atoms with Crippen LogP contribution < -0.4 is 14.8 Å². The van der Waals surface area contributed by atoms with E-state index in [1.165, 1.54) is 12.8 Å². The van der Waals surface area contributed by atoms with Crippen molar-refractivity contribution in [2.24, 2.45) is 5.92 Å². The quantitative estimate of drug-likeness (QED) is 0.912. The molecule has 1 aliphatic rings. The van der Waals surface area contributed by atoms with Crippen molar-refractivity contribution in [3.8, 4) is 11.5 Å². The van der Waals surface area contributed by atoms with Gasteiger partial charge in [-0.05, 0) is 49.9 Å². The van der Waals surface area contributed by atoms with Crippen LogP contribution in [0, 0.1) is 5.92 Å². The zero-order valence-corrected chi connectivity index (χ0v) is 11.7. The molecule has 0 amide bonds. The molecule has 18 heavy (non-hydrogen) atoms. The SMILES string of the molecule is COc1cc(Cl)cc(CC2CCNCC2)c1OC. The number of hydrogen-bond acceptors (Lipinski definition) is 3. The third-order valence-electron chi connectivity index (χ3n) is 3.49. The van der Waals surface area contributed by atoms with Crippen LogP contribution >= 0.6 is 11.6 Å². The summed E-state index contributed by atoms with van der Waals surface area (Å²) in [6.07, 6.45) is 3.41. The average Bonchev–Trinajstić information content (AvgIpc) is 2.39. The maximum atomic E-state index is 6.13. The van der Waals surface area contributed by atoms with Crippen molar-refractivity contribution in [3.05, 3.63) is 22.7 Å². The summed E-state index contributed by atoms with van der Waals surface area (Å²) < 4.78 is 10.8. The van der Waals surface area contributed by atoms with Gasteiger partial charge >= 0.3 is 0 Å². The molecule has 4 heteroatoms. The van der Waals surface area contributed by atoms with Crippen LogP contribution in [0.1, 0.15) is 18.4 Å². The molecule has 1 aliphatic heterocycles. The zero-order chi connectivity index (χ0) is 13.0. The number of halogens is 1. The Bertz CT molecular complexity index is 403. The molecule has 0 bridgehead atoms. The van der Waals surface area contributed by atoms with Crippen molar-refractivity contribution in [2.75, 3.05) is 27.3 Å². The molecule has 1 aromatic rings. The van der Waals surface area contributed by atoms with Crippen molar-refractivity contribution in [3.63, 3.8) is 0 Å². The Morgan fingerprint density at radius 1 is 1.22 bits per heavy atom. The highest BCUT2D eigenvalue weighted by molar-refractivity contribution is 6.30. The number of ether oxygens (including phenoxy) is 2. The van der Waals surface area contributed by atoms with E-state index in [-0.39, 0.29) is 0 Å². The highest BCUT2D eigenvalue weighted by atomic mass is 35.5. The number of methoxy groups -OCH3 is 2. The van der Waals surface area contributed by atoms with Gasteiger partial charge in [-0.15, -0.1) is 0 Å². The number of piperidine rings is 1. The second kappa shape index (κ2) is 6.30. The molecule has 1 saturated heterocycles. The molecule has 1 N–H and O–H groups in total. The molecule has 0 aromatic heterocycles. The molecule has 0 aliphatic carbocycles. The summed E-state index contributed by atoms with van der Waals surface area (Å²) in [6, 6.07) is 3.79. The highest BCUT2D eigenvalue weighted by Crippen LogP contribution is 2.36. The molecule has 1 fully saturated rings. The maximum absolute atomic E-state index is 6.13. The minimum atomic E-state index is 0.698. The fourth-order valence-electron chi connectivity index (χ4n) is 2.55. The fraction of sp³-hybridized carbons (Fsp3) is 0.571. The highest BCUT2D eigenvalue weighted by Gasteiger charge is 2.18. The molecule has 0 unspecified atom stereocenters. The summed E-state index contributed by atoms with van der Waals surface area (Å²) in [5.74, 6) is 2.23. The Balaban J connectivity index is 2.21. The van der Waals surface area contributed by atoms with Crippen LogP contribution in [0.15, 0.2) is 12.1 Å². The lowest BCUT2D eigenvalue weighted by Crippen LogP contribution is -2.28. The summed E-state index contributed by atoms with van der Waals surface area (Å²) in [7, 11) is 3.32. The lowest BCUT2D eigenvalue weighted by atomic mass is 9.90. The Labute approximate surface area is 113 Å². The van der Waals surface area contributed by atoms with Crippen LogP contribution in [-0.2, 0) is 6.42 Å². The van der Waals surface area contributed by atoms with Gasteiger partial charge in [0.05, 0.1) is 14.2 Å². The molecular formula is C14H20ClNO2. The van der Waals surface area contributed by atoms with E-state index in [4.69, 9.17) is 21.1 Å². The number of benzene rings is 1. The van der Waals surface area contributed by atoms with E-state index in [0.717, 1.165) is 30.8 Å². The summed E-state index contributed by atoms with van der Waals surface area (Å²) in [4.78, 5) is 0. The van der Waals surface area contributed by atoms with Gasteiger partial charge in [0, 0.05) is 11.1 Å². The molecule has 0 atom stereocenters. The Hall–Kier alpha value is -0.930. The monoisotopic (exact) mass is 269 g/mol. The number of hydrogen-bond donors (Lipinski definition) is 1. The van der Waals surface area contributed by atoms with Crippen molar-refractivity contribution >= 4 is 11.6 Å². The lowest BCUT2D eigenvalue weighted by Gasteiger charge is -2.24. The van der Waals surface area contributed by atoms with Gasteiger partial charge in [0.15, 0.2) is 11.5 Å². The first-order chi connectivity index (χ1) is 8.74. The lowest BCUT2D eigenvalue weighted by molar-refractivity contribution is 0.339. The minimum absolute atomic E-state index is 0.698. The van der Waals surface area contributed by atoms with Crippen molar-refractivity contribution in [1.82, 2.24) is 5.32 Å². The predicted molar refractivity (Wildman–Crippen MR) is 73.9 cm³/mol. The fourth-order valence-corrected chi connectivity index (χ4v) is 2.79. The van der Waals surface area contributed by atoms with E-state index in [1.807, 2.05) is 6.07 Å². The largest absolute Gasteiger partial charge is 0.493 e. The predicted octanol–water partition coefficient (Wildman–Crippen LogP) is 2.90. The molecule has 1 heterocycles. The molecule has 0 radical (unpaired) electrons. The normalized spacial score (nSPS) is 16.6. The van der Waals surface area contributed by atoms with E-state index < -0.39 is 0 Å². The van der Waals surface area contributed by atoms with E-state index in [0.29, 0.717) is 16.7 Å². The number of nitrogens with one attached hydrogen (secondary N) is 1. The van der Waals surface area contributed by atoms with Crippen molar-refractivity contribution in [2.45, 2.75) is 19.3 Å². The van der Waals surface area contributed by atoms with E-state index in [1.54, 1.807) is 20.3 Å². The topological polar surface area (TPSA) is 30.5 Å². The number of rotatable bonds is 4. The van der Waals surface area contributed by atoms with Gasteiger partial charge < -0.3 is 14.8 Å². The third kappa shape index (κ3) is 3.09. The Morgan fingerprint density at radius 3 is 2.56 bits per heavy atom. The first-order valence-corrected chi connectivity index (χ1v) is 6.73. The van der Waals surface area contributed by atoms with Crippen LogP contribution in [0.4, 0.5) is 0 Å². The first-order valence-electron chi connectivity index (χ1n) is 6.35. The summed E-state index contributed by atoms with van der Waals surface area (Å²) >= 11 is 6.13. The van der Waals surface area contributed by atoms with Gasteiger partial charge in [-0.1, -0.05) is 11.6 Å². The van der Waals surface area contributed by atoms with Gasteiger partial charge in [0.25, 0.3) is 0 Å². The van der Waals surface area contributed by atoms with Gasteiger partial charge in [-0.3, -0.25) is 0 Å². The molecule has 0 saturated carbocycles. The Kier molecular flexibility index (Phi) is 4.72. The smallest absolute Gasteiger partial charge is 0.164 e. The second-order valence-corrected chi connectivity index (χ2v) is 5.13. The molecule has 0 spiro atoms. The van der Waals surface area contributed by atoms with Crippen LogP contribution in [-0.4, -0.2) is 27.3 Å². The average molecular weight is 270 g/mol. The first kappa shape index (κ1) is 13.5. The van der Waals surface area contributed by atoms with Crippen LogP contribution in [0.25, 0.3) is 0 Å². The molecule has 100 valence electrons. The van der Waals surface area contributed by atoms with E-state index in [2.05, 4.69) is 5.32 Å². The molecule has 1 aromatic carbocycles. The second-order valence-electron chi connectivity index (χ2n) is 4.70. The summed E-state index contributed by atoms with van der Waals surface area (Å²) in [5.41, 5.74) is 1.15. The van der Waals surface area contributed by atoms with E-state index >= 15 is 0 Å². The third-order valence-corrected chi connectivity index (χ3v) is 3.71. The van der Waals surface area contributed by atoms with E-state index in [9.17, 15) is 0 Å². The summed E-state index contributed by atoms with van der Waals surface area (Å²) in [6.45, 7) is 2.20. The minimum Gasteiger partial charge on any atom is -0.493 e. The molecular weight excluding hydrogens is 250 g/mol. The van der Waals surface area contributed by atoms with Crippen molar-refractivity contribution in [1.29, 1.82) is 0 Å². The van der Waals surface area contributed by atoms with Crippen LogP contribution in [0.3, 0.4) is 0 Å². The summed E-state index contributed by atoms with van der Waals surface area (Å²) in [5, 5.41) is 4.09. The van der Waals surface area contributed by atoms with Crippen molar-refractivity contribution < 1.29 is 9.47 Å². The Morgan fingerprint density at radius 2 is 1.94 bits per heavy atom. The maximum Gasteiger partial charge on any atom is 0.164 e. The van der Waals surface area contributed by atoms with Crippen LogP contribution in [0.2, 0.25) is 5.02 Å². The van der Waals surface area contributed by atoms with Gasteiger partial charge in [-0.25, -0.2) is 0 Å². The zero-order valence-electron chi connectivity index (χ0n) is 11.0.